The molecule has 0 aromatic rings. The van der Waals surface area contributed by atoms with Crippen molar-refractivity contribution in [3.05, 3.63) is 0 Å². The Kier molecular flexibility index (Phi) is 2.87. The van der Waals surface area contributed by atoms with Gasteiger partial charge in [-0.05, 0) is 31.3 Å². The Morgan fingerprint density at radius 3 is 2.67 bits per heavy atom. The number of urea groups is 1. The van der Waals surface area contributed by atoms with Gasteiger partial charge in [0.1, 0.15) is 0 Å². The van der Waals surface area contributed by atoms with Crippen molar-refractivity contribution < 1.29 is 4.79 Å². The molecule has 2 aliphatic heterocycles. The summed E-state index contributed by atoms with van der Waals surface area (Å²) in [5.74, 6) is 0. The summed E-state index contributed by atoms with van der Waals surface area (Å²) in [6.45, 7) is 8.18. The molecule has 0 aromatic heterocycles. The monoisotopic (exact) mass is 211 g/mol. The van der Waals surface area contributed by atoms with Crippen molar-refractivity contribution in [1.82, 2.24) is 15.5 Å². The summed E-state index contributed by atoms with van der Waals surface area (Å²) in [4.78, 5) is 13.8. The highest BCUT2D eigenvalue weighted by atomic mass is 16.2. The average molecular weight is 211 g/mol. The second-order valence-electron chi connectivity index (χ2n) is 5.43. The van der Waals surface area contributed by atoms with Crippen LogP contribution in [0.1, 0.15) is 26.7 Å². The third-order valence-electron chi connectivity index (χ3n) is 3.33. The smallest absolute Gasteiger partial charge is 0.317 e. The van der Waals surface area contributed by atoms with Crippen LogP contribution in [-0.4, -0.2) is 43.2 Å². The van der Waals surface area contributed by atoms with Crippen molar-refractivity contribution in [2.45, 2.75) is 32.7 Å². The number of hydrogen-bond donors (Lipinski definition) is 2. The SMILES string of the molecule is CC1(C)CNC(=O)N(C2CCNCC2)C1. The molecule has 2 rings (SSSR count). The minimum Gasteiger partial charge on any atom is -0.337 e. The summed E-state index contributed by atoms with van der Waals surface area (Å²) in [5, 5.41) is 6.32. The van der Waals surface area contributed by atoms with E-state index in [-0.39, 0.29) is 11.4 Å². The minimum atomic E-state index is 0.126. The van der Waals surface area contributed by atoms with Crippen molar-refractivity contribution in [3.63, 3.8) is 0 Å². The van der Waals surface area contributed by atoms with Gasteiger partial charge in [-0.2, -0.15) is 0 Å². The first-order chi connectivity index (χ1) is 7.08. The van der Waals surface area contributed by atoms with Gasteiger partial charge in [0.15, 0.2) is 0 Å². The predicted octanol–water partition coefficient (Wildman–Crippen LogP) is 0.790. The van der Waals surface area contributed by atoms with Crippen molar-refractivity contribution in [1.29, 1.82) is 0 Å². The minimum absolute atomic E-state index is 0.126. The molecule has 0 spiro atoms. The van der Waals surface area contributed by atoms with Crippen molar-refractivity contribution >= 4 is 6.03 Å². The molecular formula is C11H21N3O. The van der Waals surface area contributed by atoms with Gasteiger partial charge in [-0.15, -0.1) is 0 Å². The molecule has 15 heavy (non-hydrogen) atoms. The first-order valence-corrected chi connectivity index (χ1v) is 5.84. The maximum atomic E-state index is 11.8. The van der Waals surface area contributed by atoms with Crippen LogP contribution in [0, 0.1) is 5.41 Å². The molecule has 2 N–H and O–H groups in total. The van der Waals surface area contributed by atoms with E-state index in [1.54, 1.807) is 0 Å². The number of piperidine rings is 1. The Bertz CT molecular complexity index is 246. The van der Waals surface area contributed by atoms with Crippen molar-refractivity contribution in [2.75, 3.05) is 26.2 Å². The summed E-state index contributed by atoms with van der Waals surface area (Å²) in [6.07, 6.45) is 2.17. The van der Waals surface area contributed by atoms with Crippen LogP contribution >= 0.6 is 0 Å². The molecule has 4 nitrogen and oxygen atoms in total. The lowest BCUT2D eigenvalue weighted by molar-refractivity contribution is 0.0985. The lowest BCUT2D eigenvalue weighted by Gasteiger charge is -2.43. The van der Waals surface area contributed by atoms with E-state index < -0.39 is 0 Å². The van der Waals surface area contributed by atoms with Gasteiger partial charge < -0.3 is 15.5 Å². The van der Waals surface area contributed by atoms with Gasteiger partial charge in [0.25, 0.3) is 0 Å². The first-order valence-electron chi connectivity index (χ1n) is 5.84. The summed E-state index contributed by atoms with van der Waals surface area (Å²) < 4.78 is 0. The zero-order valence-electron chi connectivity index (χ0n) is 9.68. The van der Waals surface area contributed by atoms with Gasteiger partial charge in [-0.25, -0.2) is 4.79 Å². The first kappa shape index (κ1) is 10.7. The fraction of sp³-hybridized carbons (Fsp3) is 0.909. The molecular weight excluding hydrogens is 190 g/mol. The standard InChI is InChI=1S/C11H21N3O/c1-11(2)7-13-10(15)14(8-11)9-3-5-12-6-4-9/h9,12H,3-8H2,1-2H3,(H,13,15). The molecule has 0 aliphatic carbocycles. The number of nitrogens with zero attached hydrogens (tertiary/aromatic N) is 1. The van der Waals surface area contributed by atoms with E-state index in [0.717, 1.165) is 39.0 Å². The highest BCUT2D eigenvalue weighted by Gasteiger charge is 2.35. The van der Waals surface area contributed by atoms with Crippen LogP contribution in [0.5, 0.6) is 0 Å². The third-order valence-corrected chi connectivity index (χ3v) is 3.33. The fourth-order valence-corrected chi connectivity index (χ4v) is 2.42. The lowest BCUT2D eigenvalue weighted by atomic mass is 9.89. The Balaban J connectivity index is 2.01. The van der Waals surface area contributed by atoms with Crippen LogP contribution in [0.4, 0.5) is 4.79 Å². The largest absolute Gasteiger partial charge is 0.337 e. The van der Waals surface area contributed by atoms with E-state index in [2.05, 4.69) is 24.5 Å². The predicted molar refractivity (Wildman–Crippen MR) is 59.8 cm³/mol. The Morgan fingerprint density at radius 2 is 2.00 bits per heavy atom. The number of hydrogen-bond acceptors (Lipinski definition) is 2. The topological polar surface area (TPSA) is 44.4 Å². The fourth-order valence-electron chi connectivity index (χ4n) is 2.42. The molecule has 0 radical (unpaired) electrons. The Hall–Kier alpha value is -0.770. The van der Waals surface area contributed by atoms with E-state index >= 15 is 0 Å². The quantitative estimate of drug-likeness (QED) is 0.673. The molecule has 0 unspecified atom stereocenters. The van der Waals surface area contributed by atoms with Crippen molar-refractivity contribution in [3.8, 4) is 0 Å². The van der Waals surface area contributed by atoms with Crippen LogP contribution < -0.4 is 10.6 Å². The van der Waals surface area contributed by atoms with Crippen LogP contribution in [0.25, 0.3) is 0 Å². The van der Waals surface area contributed by atoms with Gasteiger partial charge in [0.2, 0.25) is 0 Å². The molecule has 86 valence electrons. The molecule has 4 heteroatoms. The van der Waals surface area contributed by atoms with Gasteiger partial charge >= 0.3 is 6.03 Å². The van der Waals surface area contributed by atoms with E-state index in [9.17, 15) is 4.79 Å². The molecule has 0 bridgehead atoms. The zero-order chi connectivity index (χ0) is 10.9. The highest BCUT2D eigenvalue weighted by molar-refractivity contribution is 5.75. The van der Waals surface area contributed by atoms with Crippen molar-refractivity contribution in [2.24, 2.45) is 5.41 Å². The Labute approximate surface area is 91.4 Å². The second kappa shape index (κ2) is 4.00. The summed E-state index contributed by atoms with van der Waals surface area (Å²) >= 11 is 0. The number of amides is 2. The third kappa shape index (κ3) is 2.43. The zero-order valence-corrected chi connectivity index (χ0v) is 9.68. The summed E-state index contributed by atoms with van der Waals surface area (Å²) in [5.41, 5.74) is 0.207. The van der Waals surface area contributed by atoms with Crippen LogP contribution in [0.3, 0.4) is 0 Å². The Morgan fingerprint density at radius 1 is 1.33 bits per heavy atom. The molecule has 2 saturated heterocycles. The molecule has 2 amide bonds. The molecule has 2 heterocycles. The number of nitrogens with one attached hydrogen (secondary N) is 2. The van der Waals surface area contributed by atoms with E-state index in [4.69, 9.17) is 0 Å². The van der Waals surface area contributed by atoms with E-state index in [0.29, 0.717) is 6.04 Å². The number of carbonyl (C=O) groups is 1. The van der Waals surface area contributed by atoms with Crippen LogP contribution in [0.15, 0.2) is 0 Å². The van der Waals surface area contributed by atoms with E-state index in [1.807, 2.05) is 4.90 Å². The highest BCUT2D eigenvalue weighted by Crippen LogP contribution is 2.24. The van der Waals surface area contributed by atoms with Crippen LogP contribution in [0.2, 0.25) is 0 Å². The van der Waals surface area contributed by atoms with Gasteiger partial charge in [0, 0.05) is 19.1 Å². The summed E-state index contributed by atoms with van der Waals surface area (Å²) in [7, 11) is 0. The van der Waals surface area contributed by atoms with Gasteiger partial charge in [0.05, 0.1) is 0 Å². The van der Waals surface area contributed by atoms with E-state index in [1.165, 1.54) is 0 Å². The molecule has 0 saturated carbocycles. The van der Waals surface area contributed by atoms with Gasteiger partial charge in [-0.1, -0.05) is 13.8 Å². The summed E-state index contributed by atoms with van der Waals surface area (Å²) in [6, 6.07) is 0.562. The molecule has 0 aromatic carbocycles. The number of carbonyl (C=O) groups excluding carboxylic acids is 1. The maximum Gasteiger partial charge on any atom is 0.317 e. The van der Waals surface area contributed by atoms with Gasteiger partial charge in [-0.3, -0.25) is 0 Å². The molecule has 2 fully saturated rings. The molecule has 0 atom stereocenters. The number of rotatable bonds is 1. The lowest BCUT2D eigenvalue weighted by Crippen LogP contribution is -2.59. The van der Waals surface area contributed by atoms with Crippen LogP contribution in [-0.2, 0) is 0 Å². The average Bonchev–Trinajstić information content (AvgIpc) is 2.23. The molecule has 2 aliphatic rings. The second-order valence-corrected chi connectivity index (χ2v) is 5.43. The maximum absolute atomic E-state index is 11.8. The normalized spacial score (nSPS) is 27.6.